The molecule has 0 fully saturated rings. The van der Waals surface area contributed by atoms with Crippen LogP contribution in [0, 0.1) is 6.92 Å². The monoisotopic (exact) mass is 182 g/mol. The van der Waals surface area contributed by atoms with Crippen LogP contribution in [0.5, 0.6) is 5.75 Å². The van der Waals surface area contributed by atoms with Crippen molar-refractivity contribution < 1.29 is 13.8 Å². The van der Waals surface area contributed by atoms with Gasteiger partial charge in [-0.3, -0.25) is 0 Å². The highest BCUT2D eigenvalue weighted by Crippen LogP contribution is 2.34. The highest BCUT2D eigenvalue weighted by Gasteiger charge is 2.21. The van der Waals surface area contributed by atoms with E-state index in [2.05, 4.69) is 0 Å². The lowest BCUT2D eigenvalue weighted by atomic mass is 10.1. The molecule has 0 bridgehead atoms. The zero-order valence-corrected chi connectivity index (χ0v) is 7.46. The maximum Gasteiger partial charge on any atom is 0.347 e. The third-order valence-corrected chi connectivity index (χ3v) is 2.30. The Morgan fingerprint density at radius 2 is 2.17 bits per heavy atom. The molecule has 0 aliphatic carbocycles. The van der Waals surface area contributed by atoms with E-state index in [4.69, 9.17) is 9.05 Å². The van der Waals surface area contributed by atoms with Crippen molar-refractivity contribution in [2.45, 2.75) is 6.92 Å². The molecule has 4 heteroatoms. The Bertz CT molecular complexity index is 335. The summed E-state index contributed by atoms with van der Waals surface area (Å²) in [4.78, 5) is 11.2. The van der Waals surface area contributed by atoms with E-state index in [1.165, 1.54) is 0 Å². The molecule has 0 radical (unpaired) electrons. The van der Waals surface area contributed by atoms with E-state index >= 15 is 0 Å². The molecule has 0 saturated carbocycles. The Labute approximate surface area is 71.6 Å². The molecule has 1 aromatic rings. The van der Waals surface area contributed by atoms with Crippen molar-refractivity contribution in [3.63, 3.8) is 0 Å². The van der Waals surface area contributed by atoms with Gasteiger partial charge in [-0.05, 0) is 18.6 Å². The summed E-state index contributed by atoms with van der Waals surface area (Å²) in [6, 6.07) is 5.49. The average Bonchev–Trinajstić information content (AvgIpc) is 2.04. The van der Waals surface area contributed by atoms with E-state index in [1.54, 1.807) is 6.07 Å². The second kappa shape index (κ2) is 2.76. The summed E-state index contributed by atoms with van der Waals surface area (Å²) in [7, 11) is -0.204. The molecule has 1 aliphatic heterocycles. The molecule has 1 aromatic carbocycles. The number of hydrogen-bond acceptors (Lipinski definition) is 3. The van der Waals surface area contributed by atoms with Gasteiger partial charge >= 0.3 is 5.97 Å². The normalized spacial score (nSPS) is 16.6. The second-order valence-corrected chi connectivity index (χ2v) is 3.10. The van der Waals surface area contributed by atoms with E-state index in [1.807, 2.05) is 19.1 Å². The first-order valence-electron chi connectivity index (χ1n) is 3.51. The molecule has 1 atom stereocenters. The number of hydrogen-bond donors (Lipinski definition) is 0. The number of benzene rings is 1. The molecule has 0 N–H and O–H groups in total. The van der Waals surface area contributed by atoms with Gasteiger partial charge in [-0.15, -0.1) is 0 Å². The van der Waals surface area contributed by atoms with Gasteiger partial charge in [-0.2, -0.15) is 0 Å². The summed E-state index contributed by atoms with van der Waals surface area (Å²) < 4.78 is 9.91. The van der Waals surface area contributed by atoms with Gasteiger partial charge < -0.3 is 9.05 Å². The first kappa shape index (κ1) is 7.56. The number of carbonyl (C=O) groups is 1. The average molecular weight is 182 g/mol. The summed E-state index contributed by atoms with van der Waals surface area (Å²) in [6.45, 7) is 1.86. The Hall–Kier alpha value is -1.08. The molecule has 1 unspecified atom stereocenters. The topological polar surface area (TPSA) is 35.5 Å². The van der Waals surface area contributed by atoms with Gasteiger partial charge in [0.2, 0.25) is 0 Å². The standard InChI is InChI=1S/C8H7O3P/c1-5-3-2-4-6-7(5)8(9)11-12-10-6/h2-4,12H,1H3. The van der Waals surface area contributed by atoms with E-state index in [0.29, 0.717) is 11.3 Å². The molecule has 1 aliphatic rings. The fraction of sp³-hybridized carbons (Fsp3) is 0.125. The molecule has 0 spiro atoms. The first-order valence-corrected chi connectivity index (χ1v) is 4.33. The minimum Gasteiger partial charge on any atom is -0.440 e. The number of carbonyl (C=O) groups excluding carboxylic acids is 1. The van der Waals surface area contributed by atoms with Crippen LogP contribution in [0.3, 0.4) is 0 Å². The van der Waals surface area contributed by atoms with Crippen molar-refractivity contribution in [1.29, 1.82) is 0 Å². The lowest BCUT2D eigenvalue weighted by Crippen LogP contribution is -2.09. The summed E-state index contributed by atoms with van der Waals surface area (Å²) in [5.41, 5.74) is 1.44. The molecule has 3 nitrogen and oxygen atoms in total. The third kappa shape index (κ3) is 1.07. The zero-order chi connectivity index (χ0) is 8.55. The molecule has 1 heterocycles. The summed E-state index contributed by atoms with van der Waals surface area (Å²) in [5.74, 6) is 0.345. The van der Waals surface area contributed by atoms with E-state index < -0.39 is 0 Å². The van der Waals surface area contributed by atoms with Crippen molar-refractivity contribution in [3.8, 4) is 5.75 Å². The Morgan fingerprint density at radius 1 is 1.33 bits per heavy atom. The van der Waals surface area contributed by atoms with Gasteiger partial charge in [-0.1, -0.05) is 12.1 Å². The smallest absolute Gasteiger partial charge is 0.347 e. The van der Waals surface area contributed by atoms with Crippen LogP contribution in [-0.2, 0) is 4.52 Å². The lowest BCUT2D eigenvalue weighted by Gasteiger charge is -2.16. The van der Waals surface area contributed by atoms with Crippen molar-refractivity contribution >= 4 is 15.0 Å². The van der Waals surface area contributed by atoms with Crippen LogP contribution < -0.4 is 4.52 Å². The van der Waals surface area contributed by atoms with Crippen molar-refractivity contribution in [3.05, 3.63) is 29.3 Å². The van der Waals surface area contributed by atoms with Gasteiger partial charge in [0, 0.05) is 0 Å². The van der Waals surface area contributed by atoms with Gasteiger partial charge in [0.15, 0.2) is 0 Å². The molecule has 0 aromatic heterocycles. The number of fused-ring (bicyclic) bond motifs is 1. The highest BCUT2D eigenvalue weighted by atomic mass is 31.1. The minimum absolute atomic E-state index is 0.204. The molecule has 12 heavy (non-hydrogen) atoms. The van der Waals surface area contributed by atoms with Crippen LogP contribution in [0.2, 0.25) is 0 Å². The maximum atomic E-state index is 11.2. The SMILES string of the molecule is Cc1cccc2c1C(=O)OPO2. The molecular formula is C8H7O3P. The fourth-order valence-electron chi connectivity index (χ4n) is 1.14. The summed E-state index contributed by atoms with van der Waals surface area (Å²) >= 11 is 0. The summed E-state index contributed by atoms with van der Waals surface area (Å²) in [5, 5.41) is 0. The maximum absolute atomic E-state index is 11.2. The van der Waals surface area contributed by atoms with Gasteiger partial charge in [0.1, 0.15) is 11.3 Å². The molecule has 62 valence electrons. The minimum atomic E-state index is -0.285. The van der Waals surface area contributed by atoms with Crippen molar-refractivity contribution in [2.24, 2.45) is 0 Å². The van der Waals surface area contributed by atoms with Crippen LogP contribution in [0.25, 0.3) is 0 Å². The van der Waals surface area contributed by atoms with Crippen LogP contribution in [-0.4, -0.2) is 5.97 Å². The second-order valence-electron chi connectivity index (χ2n) is 2.52. The van der Waals surface area contributed by atoms with E-state index in [0.717, 1.165) is 5.56 Å². The zero-order valence-electron chi connectivity index (χ0n) is 6.46. The predicted octanol–water partition coefficient (Wildman–Crippen LogP) is 2.05. The fourth-order valence-corrected chi connectivity index (χ4v) is 1.62. The third-order valence-electron chi connectivity index (χ3n) is 1.72. The quantitative estimate of drug-likeness (QED) is 0.576. The number of rotatable bonds is 0. The molecular weight excluding hydrogens is 175 g/mol. The Morgan fingerprint density at radius 3 is 2.92 bits per heavy atom. The van der Waals surface area contributed by atoms with Gasteiger partial charge in [-0.25, -0.2) is 4.79 Å². The lowest BCUT2D eigenvalue weighted by molar-refractivity contribution is 0.0731. The van der Waals surface area contributed by atoms with E-state index in [-0.39, 0.29) is 15.0 Å². The summed E-state index contributed by atoms with van der Waals surface area (Å²) in [6.07, 6.45) is 0. The first-order chi connectivity index (χ1) is 5.79. The largest absolute Gasteiger partial charge is 0.440 e. The van der Waals surface area contributed by atoms with Gasteiger partial charge in [0.25, 0.3) is 9.03 Å². The van der Waals surface area contributed by atoms with Crippen LogP contribution in [0.4, 0.5) is 0 Å². The Kier molecular flexibility index (Phi) is 1.74. The number of aryl methyl sites for hydroxylation is 1. The van der Waals surface area contributed by atoms with E-state index in [9.17, 15) is 4.79 Å². The predicted molar refractivity (Wildman–Crippen MR) is 45.5 cm³/mol. The van der Waals surface area contributed by atoms with Crippen LogP contribution >= 0.6 is 9.03 Å². The molecule has 0 amide bonds. The Balaban J connectivity index is 2.60. The molecule has 2 rings (SSSR count). The highest BCUT2D eigenvalue weighted by molar-refractivity contribution is 7.27. The van der Waals surface area contributed by atoms with Gasteiger partial charge in [0.05, 0.1) is 0 Å². The van der Waals surface area contributed by atoms with Crippen LogP contribution in [0.15, 0.2) is 18.2 Å². The van der Waals surface area contributed by atoms with Crippen molar-refractivity contribution in [2.75, 3.05) is 0 Å². The van der Waals surface area contributed by atoms with Crippen molar-refractivity contribution in [1.82, 2.24) is 0 Å². The van der Waals surface area contributed by atoms with Crippen LogP contribution in [0.1, 0.15) is 15.9 Å². The molecule has 0 saturated heterocycles.